The van der Waals surface area contributed by atoms with E-state index in [2.05, 4.69) is 76.5 Å². The van der Waals surface area contributed by atoms with Crippen LogP contribution in [-0.2, 0) is 6.54 Å². The molecular weight excluding hydrogens is 336 g/mol. The molecule has 0 aliphatic carbocycles. The molecule has 2 aromatic carbocycles. The Morgan fingerprint density at radius 3 is 2.63 bits per heavy atom. The van der Waals surface area contributed by atoms with Gasteiger partial charge in [-0.25, -0.2) is 0 Å². The third-order valence-electron chi connectivity index (χ3n) is 4.91. The van der Waals surface area contributed by atoms with Gasteiger partial charge in [0.15, 0.2) is 0 Å². The van der Waals surface area contributed by atoms with Gasteiger partial charge in [0.25, 0.3) is 0 Å². The Hall–Kier alpha value is -2.50. The van der Waals surface area contributed by atoms with Crippen molar-refractivity contribution in [2.45, 2.75) is 32.5 Å². The smallest absolute Gasteiger partial charge is 0.119 e. The predicted octanol–water partition coefficient (Wildman–Crippen LogP) is 3.56. The molecule has 140 valence electrons. The molecule has 1 saturated heterocycles. The fourth-order valence-corrected chi connectivity index (χ4v) is 3.65. The van der Waals surface area contributed by atoms with Crippen molar-refractivity contribution in [2.24, 2.45) is 0 Å². The molecule has 3 aromatic rings. The second kappa shape index (κ2) is 8.03. The zero-order valence-corrected chi connectivity index (χ0v) is 15.9. The van der Waals surface area contributed by atoms with E-state index in [1.807, 2.05) is 0 Å². The maximum atomic E-state index is 5.78. The Kier molecular flexibility index (Phi) is 5.32. The van der Waals surface area contributed by atoms with E-state index in [-0.39, 0.29) is 6.10 Å². The van der Waals surface area contributed by atoms with Gasteiger partial charge in [-0.15, -0.1) is 0 Å². The first kappa shape index (κ1) is 17.9. The molecule has 1 unspecified atom stereocenters. The van der Waals surface area contributed by atoms with E-state index in [1.165, 1.54) is 11.1 Å². The van der Waals surface area contributed by atoms with Crippen molar-refractivity contribution in [2.75, 3.05) is 19.6 Å². The van der Waals surface area contributed by atoms with Gasteiger partial charge in [0, 0.05) is 44.6 Å². The lowest BCUT2D eigenvalue weighted by atomic mass is 10.0. The third kappa shape index (κ3) is 4.26. The van der Waals surface area contributed by atoms with Crippen LogP contribution in [0.2, 0.25) is 0 Å². The molecule has 2 heterocycles. The molecule has 4 rings (SSSR count). The third-order valence-corrected chi connectivity index (χ3v) is 4.91. The maximum Gasteiger partial charge on any atom is 0.119 e. The summed E-state index contributed by atoms with van der Waals surface area (Å²) in [5.74, 6) is 0.928. The van der Waals surface area contributed by atoms with Crippen LogP contribution in [0.5, 0.6) is 5.75 Å². The van der Waals surface area contributed by atoms with Crippen LogP contribution in [0.4, 0.5) is 0 Å². The van der Waals surface area contributed by atoms with Crippen LogP contribution >= 0.6 is 0 Å². The SMILES string of the molecule is CC(C)Oc1ccc(C2CNCCN2Cc2ccc3nccnc3c2)cc1. The van der Waals surface area contributed by atoms with Crippen LogP contribution in [0.3, 0.4) is 0 Å². The highest BCUT2D eigenvalue weighted by Crippen LogP contribution is 2.26. The van der Waals surface area contributed by atoms with Crippen molar-refractivity contribution in [1.82, 2.24) is 20.2 Å². The highest BCUT2D eigenvalue weighted by atomic mass is 16.5. The molecule has 1 atom stereocenters. The van der Waals surface area contributed by atoms with E-state index in [9.17, 15) is 0 Å². The van der Waals surface area contributed by atoms with Gasteiger partial charge < -0.3 is 10.1 Å². The van der Waals surface area contributed by atoms with E-state index in [0.29, 0.717) is 6.04 Å². The van der Waals surface area contributed by atoms with Gasteiger partial charge in [0.05, 0.1) is 17.1 Å². The number of nitrogens with one attached hydrogen (secondary N) is 1. The molecule has 1 aromatic heterocycles. The summed E-state index contributed by atoms with van der Waals surface area (Å²) in [7, 11) is 0. The first-order valence-electron chi connectivity index (χ1n) is 9.60. The predicted molar refractivity (Wildman–Crippen MR) is 108 cm³/mol. The average molecular weight is 362 g/mol. The number of hydrogen-bond acceptors (Lipinski definition) is 5. The van der Waals surface area contributed by atoms with E-state index in [1.54, 1.807) is 12.4 Å². The van der Waals surface area contributed by atoms with Gasteiger partial charge in [0.2, 0.25) is 0 Å². The van der Waals surface area contributed by atoms with Crippen molar-refractivity contribution in [3.8, 4) is 5.75 Å². The average Bonchev–Trinajstić information content (AvgIpc) is 2.69. The number of benzene rings is 2. The van der Waals surface area contributed by atoms with E-state index >= 15 is 0 Å². The largest absolute Gasteiger partial charge is 0.491 e. The molecule has 0 spiro atoms. The fourth-order valence-electron chi connectivity index (χ4n) is 3.65. The second-order valence-corrected chi connectivity index (χ2v) is 7.31. The number of ether oxygens (including phenoxy) is 1. The van der Waals surface area contributed by atoms with Gasteiger partial charge >= 0.3 is 0 Å². The molecule has 1 fully saturated rings. The van der Waals surface area contributed by atoms with Crippen molar-refractivity contribution in [3.05, 3.63) is 66.0 Å². The quantitative estimate of drug-likeness (QED) is 0.752. The topological polar surface area (TPSA) is 50.3 Å². The highest BCUT2D eigenvalue weighted by molar-refractivity contribution is 5.74. The number of nitrogens with zero attached hydrogens (tertiary/aromatic N) is 3. The number of fused-ring (bicyclic) bond motifs is 1. The fraction of sp³-hybridized carbons (Fsp3) is 0.364. The summed E-state index contributed by atoms with van der Waals surface area (Å²) in [6, 6.07) is 15.3. The molecule has 5 nitrogen and oxygen atoms in total. The van der Waals surface area contributed by atoms with E-state index in [4.69, 9.17) is 4.74 Å². The van der Waals surface area contributed by atoms with E-state index in [0.717, 1.165) is 43.0 Å². The lowest BCUT2D eigenvalue weighted by Gasteiger charge is -2.36. The lowest BCUT2D eigenvalue weighted by Crippen LogP contribution is -2.45. The summed E-state index contributed by atoms with van der Waals surface area (Å²) < 4.78 is 5.78. The minimum Gasteiger partial charge on any atom is -0.491 e. The summed E-state index contributed by atoms with van der Waals surface area (Å²) in [5, 5.41) is 3.53. The van der Waals surface area contributed by atoms with Crippen molar-refractivity contribution in [3.63, 3.8) is 0 Å². The van der Waals surface area contributed by atoms with Crippen LogP contribution in [0.1, 0.15) is 31.0 Å². The molecular formula is C22H26N4O. The highest BCUT2D eigenvalue weighted by Gasteiger charge is 2.24. The number of rotatable bonds is 5. The minimum atomic E-state index is 0.194. The van der Waals surface area contributed by atoms with Crippen molar-refractivity contribution >= 4 is 11.0 Å². The number of aromatic nitrogens is 2. The van der Waals surface area contributed by atoms with Gasteiger partial charge in [-0.1, -0.05) is 18.2 Å². The first-order chi connectivity index (χ1) is 13.2. The zero-order chi connectivity index (χ0) is 18.6. The molecule has 1 N–H and O–H groups in total. The molecule has 1 aliphatic rings. The summed E-state index contributed by atoms with van der Waals surface area (Å²) >= 11 is 0. The Morgan fingerprint density at radius 2 is 1.85 bits per heavy atom. The van der Waals surface area contributed by atoms with Gasteiger partial charge in [0.1, 0.15) is 5.75 Å². The molecule has 5 heteroatoms. The Balaban J connectivity index is 1.53. The first-order valence-corrected chi connectivity index (χ1v) is 9.60. The Labute approximate surface area is 160 Å². The maximum absolute atomic E-state index is 5.78. The molecule has 0 amide bonds. The van der Waals surface area contributed by atoms with Crippen LogP contribution in [0.25, 0.3) is 11.0 Å². The second-order valence-electron chi connectivity index (χ2n) is 7.31. The van der Waals surface area contributed by atoms with Crippen molar-refractivity contribution < 1.29 is 4.74 Å². The molecule has 0 bridgehead atoms. The number of hydrogen-bond donors (Lipinski definition) is 1. The van der Waals surface area contributed by atoms with Crippen LogP contribution in [0.15, 0.2) is 54.9 Å². The van der Waals surface area contributed by atoms with Gasteiger partial charge in [-0.2, -0.15) is 0 Å². The Bertz CT molecular complexity index is 894. The standard InChI is InChI=1S/C22H26N4O/c1-16(2)27-19-6-4-18(5-7-19)22-14-23-11-12-26(22)15-17-3-8-20-21(13-17)25-10-9-24-20/h3-10,13,16,22-23H,11-12,14-15H2,1-2H3. The molecule has 0 radical (unpaired) electrons. The van der Waals surface area contributed by atoms with Gasteiger partial charge in [-0.05, 0) is 49.2 Å². The van der Waals surface area contributed by atoms with Gasteiger partial charge in [-0.3, -0.25) is 14.9 Å². The summed E-state index contributed by atoms with van der Waals surface area (Å²) in [4.78, 5) is 11.3. The molecule has 1 aliphatic heterocycles. The normalized spacial score (nSPS) is 18.1. The summed E-state index contributed by atoms with van der Waals surface area (Å²) in [6.45, 7) is 8.00. The van der Waals surface area contributed by atoms with Crippen molar-refractivity contribution in [1.29, 1.82) is 0 Å². The van der Waals surface area contributed by atoms with Crippen LogP contribution < -0.4 is 10.1 Å². The number of piperazine rings is 1. The summed E-state index contributed by atoms with van der Waals surface area (Å²) in [5.41, 5.74) is 4.49. The minimum absolute atomic E-state index is 0.194. The Morgan fingerprint density at radius 1 is 1.07 bits per heavy atom. The molecule has 27 heavy (non-hydrogen) atoms. The zero-order valence-electron chi connectivity index (χ0n) is 15.9. The monoisotopic (exact) mass is 362 g/mol. The lowest BCUT2D eigenvalue weighted by molar-refractivity contribution is 0.153. The summed E-state index contributed by atoms with van der Waals surface area (Å²) in [6.07, 6.45) is 3.68. The van der Waals surface area contributed by atoms with Crippen LogP contribution in [0, 0.1) is 0 Å². The van der Waals surface area contributed by atoms with Crippen LogP contribution in [-0.4, -0.2) is 40.6 Å². The molecule has 0 saturated carbocycles. The van der Waals surface area contributed by atoms with E-state index < -0.39 is 0 Å².